The van der Waals surface area contributed by atoms with Crippen LogP contribution < -0.4 is 4.74 Å². The SMILES string of the molecule is COCc1ccccc1.O=C(O)c1cn(C2CCCCC2)nc1OC(F)F. The Kier molecular flexibility index (Phi) is 8.19. The second-order valence-corrected chi connectivity index (χ2v) is 6.22. The highest BCUT2D eigenvalue weighted by atomic mass is 19.3. The second-order valence-electron chi connectivity index (χ2n) is 6.22. The van der Waals surface area contributed by atoms with Gasteiger partial charge in [0, 0.05) is 13.3 Å². The number of carbonyl (C=O) groups is 1. The lowest BCUT2D eigenvalue weighted by molar-refractivity contribution is -0.0538. The summed E-state index contributed by atoms with van der Waals surface area (Å²) < 4.78 is 34.8. The van der Waals surface area contributed by atoms with Crippen LogP contribution in [0.1, 0.15) is 54.1 Å². The number of nitrogens with zero attached hydrogens (tertiary/aromatic N) is 2. The number of carboxylic acids is 1. The number of carboxylic acid groups (broad SMARTS) is 1. The number of aromatic nitrogens is 2. The summed E-state index contributed by atoms with van der Waals surface area (Å²) >= 11 is 0. The molecule has 0 radical (unpaired) electrons. The molecule has 0 unspecified atom stereocenters. The van der Waals surface area contributed by atoms with Gasteiger partial charge in [-0.1, -0.05) is 49.6 Å². The lowest BCUT2D eigenvalue weighted by Gasteiger charge is -2.21. The quantitative estimate of drug-likeness (QED) is 0.795. The lowest BCUT2D eigenvalue weighted by atomic mass is 9.96. The van der Waals surface area contributed by atoms with E-state index < -0.39 is 18.5 Å². The van der Waals surface area contributed by atoms with Crippen LogP contribution in [0.25, 0.3) is 0 Å². The number of methoxy groups -OCH3 is 1. The summed E-state index contributed by atoms with van der Waals surface area (Å²) in [6.45, 7) is -2.36. The van der Waals surface area contributed by atoms with E-state index in [1.807, 2.05) is 30.3 Å². The molecule has 2 aromatic rings. The highest BCUT2D eigenvalue weighted by Gasteiger charge is 2.24. The van der Waals surface area contributed by atoms with Gasteiger partial charge in [0.1, 0.15) is 5.56 Å². The van der Waals surface area contributed by atoms with Gasteiger partial charge in [-0.05, 0) is 18.4 Å². The van der Waals surface area contributed by atoms with E-state index in [1.165, 1.54) is 16.4 Å². The molecule has 1 N–H and O–H groups in total. The number of halogens is 2. The second kappa shape index (κ2) is 10.6. The van der Waals surface area contributed by atoms with Gasteiger partial charge in [0.05, 0.1) is 12.6 Å². The normalized spacial score (nSPS) is 14.5. The number of rotatable bonds is 6. The summed E-state index contributed by atoms with van der Waals surface area (Å²) in [7, 11) is 1.70. The number of benzene rings is 1. The van der Waals surface area contributed by atoms with Crippen LogP contribution in [-0.4, -0.2) is 34.6 Å². The van der Waals surface area contributed by atoms with Gasteiger partial charge in [-0.25, -0.2) is 4.79 Å². The molecule has 1 heterocycles. The maximum atomic E-state index is 12.2. The van der Waals surface area contributed by atoms with Gasteiger partial charge in [0.15, 0.2) is 0 Å². The maximum absolute atomic E-state index is 12.2. The van der Waals surface area contributed by atoms with Crippen molar-refractivity contribution in [2.45, 2.75) is 51.4 Å². The van der Waals surface area contributed by atoms with Crippen molar-refractivity contribution in [2.24, 2.45) is 0 Å². The first-order valence-electron chi connectivity index (χ1n) is 8.81. The molecular formula is C19H24F2N2O4. The fourth-order valence-electron chi connectivity index (χ4n) is 2.97. The third-order valence-corrected chi connectivity index (χ3v) is 4.23. The van der Waals surface area contributed by atoms with Crippen molar-refractivity contribution < 1.29 is 28.2 Å². The first kappa shape index (κ1) is 20.8. The molecule has 0 amide bonds. The van der Waals surface area contributed by atoms with Crippen molar-refractivity contribution in [1.29, 1.82) is 0 Å². The van der Waals surface area contributed by atoms with E-state index in [9.17, 15) is 13.6 Å². The van der Waals surface area contributed by atoms with E-state index >= 15 is 0 Å². The van der Waals surface area contributed by atoms with E-state index in [-0.39, 0.29) is 11.6 Å². The Morgan fingerprint density at radius 3 is 2.48 bits per heavy atom. The van der Waals surface area contributed by atoms with Crippen LogP contribution in [0, 0.1) is 0 Å². The van der Waals surface area contributed by atoms with Gasteiger partial charge in [-0.3, -0.25) is 4.68 Å². The summed E-state index contributed by atoms with van der Waals surface area (Å²) in [5.41, 5.74) is 0.904. The minimum absolute atomic E-state index is 0.0758. The predicted octanol–water partition coefficient (Wildman–Crippen LogP) is 4.52. The molecule has 1 aliphatic carbocycles. The monoisotopic (exact) mass is 382 g/mol. The predicted molar refractivity (Wildman–Crippen MR) is 95.1 cm³/mol. The van der Waals surface area contributed by atoms with Crippen molar-refractivity contribution in [3.05, 3.63) is 47.7 Å². The number of ether oxygens (including phenoxy) is 2. The summed E-state index contributed by atoms with van der Waals surface area (Å²) in [6.07, 6.45) is 6.26. The van der Waals surface area contributed by atoms with Crippen molar-refractivity contribution in [3.63, 3.8) is 0 Å². The molecule has 1 fully saturated rings. The van der Waals surface area contributed by atoms with Gasteiger partial charge in [0.2, 0.25) is 0 Å². The standard InChI is InChI=1S/C11H14F2N2O3.C8H10O/c12-11(13)18-9-8(10(16)17)6-15(14-9)7-4-2-1-3-5-7;1-9-7-8-5-3-2-4-6-8/h6-7,11H,1-5H2,(H,16,17);2-6H,7H2,1H3. The maximum Gasteiger partial charge on any atom is 0.388 e. The third kappa shape index (κ3) is 6.63. The van der Waals surface area contributed by atoms with Crippen LogP contribution in [0.15, 0.2) is 36.5 Å². The highest BCUT2D eigenvalue weighted by Crippen LogP contribution is 2.30. The van der Waals surface area contributed by atoms with Crippen LogP contribution in [0.3, 0.4) is 0 Å². The molecule has 0 aliphatic heterocycles. The third-order valence-electron chi connectivity index (χ3n) is 4.23. The van der Waals surface area contributed by atoms with Crippen LogP contribution in [-0.2, 0) is 11.3 Å². The van der Waals surface area contributed by atoms with E-state index in [0.29, 0.717) is 6.61 Å². The van der Waals surface area contributed by atoms with Crippen molar-refractivity contribution in [3.8, 4) is 5.88 Å². The number of hydrogen-bond acceptors (Lipinski definition) is 4. The van der Waals surface area contributed by atoms with Gasteiger partial charge in [0.25, 0.3) is 5.88 Å². The number of alkyl halides is 2. The molecule has 8 heteroatoms. The molecule has 1 aliphatic rings. The Bertz CT molecular complexity index is 701. The molecule has 148 valence electrons. The first-order chi connectivity index (χ1) is 13.0. The summed E-state index contributed by atoms with van der Waals surface area (Å²) in [4.78, 5) is 10.9. The van der Waals surface area contributed by atoms with Gasteiger partial charge < -0.3 is 14.6 Å². The smallest absolute Gasteiger partial charge is 0.388 e. The van der Waals surface area contributed by atoms with Gasteiger partial charge >= 0.3 is 12.6 Å². The van der Waals surface area contributed by atoms with Crippen LogP contribution in [0.5, 0.6) is 5.88 Å². The molecule has 6 nitrogen and oxygen atoms in total. The molecule has 0 bridgehead atoms. The summed E-state index contributed by atoms with van der Waals surface area (Å²) in [5.74, 6) is -1.82. The van der Waals surface area contributed by atoms with Crippen LogP contribution >= 0.6 is 0 Å². The van der Waals surface area contributed by atoms with E-state index in [1.54, 1.807) is 7.11 Å². The largest absolute Gasteiger partial charge is 0.477 e. The van der Waals surface area contributed by atoms with Crippen LogP contribution in [0.4, 0.5) is 8.78 Å². The molecular weight excluding hydrogens is 358 g/mol. The zero-order valence-corrected chi connectivity index (χ0v) is 15.2. The Balaban J connectivity index is 0.000000244. The Morgan fingerprint density at radius 2 is 1.93 bits per heavy atom. The highest BCUT2D eigenvalue weighted by molar-refractivity contribution is 5.89. The molecule has 0 atom stereocenters. The topological polar surface area (TPSA) is 73.6 Å². The molecule has 1 aromatic heterocycles. The Morgan fingerprint density at radius 1 is 1.26 bits per heavy atom. The van der Waals surface area contributed by atoms with Crippen LogP contribution in [0.2, 0.25) is 0 Å². The zero-order chi connectivity index (χ0) is 19.6. The summed E-state index contributed by atoms with van der Waals surface area (Å²) in [6, 6.07) is 10.2. The minimum atomic E-state index is -3.07. The Hall–Kier alpha value is -2.48. The van der Waals surface area contributed by atoms with E-state index in [4.69, 9.17) is 9.84 Å². The van der Waals surface area contributed by atoms with Gasteiger partial charge in [-0.2, -0.15) is 8.78 Å². The van der Waals surface area contributed by atoms with Crippen molar-refractivity contribution in [2.75, 3.05) is 7.11 Å². The molecule has 0 saturated heterocycles. The first-order valence-corrected chi connectivity index (χ1v) is 8.81. The molecule has 1 aromatic carbocycles. The fraction of sp³-hybridized carbons (Fsp3) is 0.474. The van der Waals surface area contributed by atoms with Crippen molar-refractivity contribution in [1.82, 2.24) is 9.78 Å². The lowest BCUT2D eigenvalue weighted by Crippen LogP contribution is -2.13. The molecule has 0 spiro atoms. The average Bonchev–Trinajstić information content (AvgIpc) is 3.08. The number of aromatic carboxylic acids is 1. The molecule has 27 heavy (non-hydrogen) atoms. The van der Waals surface area contributed by atoms with Gasteiger partial charge in [-0.15, -0.1) is 5.10 Å². The minimum Gasteiger partial charge on any atom is -0.477 e. The number of hydrogen-bond donors (Lipinski definition) is 1. The molecule has 1 saturated carbocycles. The van der Waals surface area contributed by atoms with E-state index in [2.05, 4.69) is 9.84 Å². The summed E-state index contributed by atoms with van der Waals surface area (Å²) in [5, 5.41) is 12.7. The average molecular weight is 382 g/mol. The van der Waals surface area contributed by atoms with E-state index in [0.717, 1.165) is 32.1 Å². The van der Waals surface area contributed by atoms with Crippen molar-refractivity contribution >= 4 is 5.97 Å². The zero-order valence-electron chi connectivity index (χ0n) is 15.2. The fourth-order valence-corrected chi connectivity index (χ4v) is 2.97. The molecule has 3 rings (SSSR count). The Labute approximate surface area is 156 Å².